The number of fused-ring (bicyclic) bond motifs is 1. The first-order chi connectivity index (χ1) is 9.09. The Kier molecular flexibility index (Phi) is 3.74. The van der Waals surface area contributed by atoms with Crippen molar-refractivity contribution in [3.8, 4) is 0 Å². The highest BCUT2D eigenvalue weighted by atomic mass is 16.4. The summed E-state index contributed by atoms with van der Waals surface area (Å²) < 4.78 is 1.56. The van der Waals surface area contributed by atoms with Crippen molar-refractivity contribution in [1.82, 2.24) is 19.9 Å². The first-order valence-electron chi connectivity index (χ1n) is 5.88. The predicted molar refractivity (Wildman–Crippen MR) is 66.7 cm³/mol. The quantitative estimate of drug-likeness (QED) is 0.821. The van der Waals surface area contributed by atoms with Crippen LogP contribution in [0.2, 0.25) is 0 Å². The molecule has 0 fully saturated rings. The van der Waals surface area contributed by atoms with Gasteiger partial charge in [0.25, 0.3) is 5.91 Å². The third kappa shape index (κ3) is 2.87. The van der Waals surface area contributed by atoms with Gasteiger partial charge in [-0.25, -0.2) is 4.52 Å². The number of aliphatic carboxylic acids is 1. The molecule has 0 spiro atoms. The van der Waals surface area contributed by atoms with E-state index in [2.05, 4.69) is 15.4 Å². The van der Waals surface area contributed by atoms with Gasteiger partial charge in [0.05, 0.1) is 29.4 Å². The highest BCUT2D eigenvalue weighted by molar-refractivity contribution is 6.00. The van der Waals surface area contributed by atoms with Gasteiger partial charge in [0.2, 0.25) is 0 Å². The van der Waals surface area contributed by atoms with E-state index in [-0.39, 0.29) is 5.91 Å². The summed E-state index contributed by atoms with van der Waals surface area (Å²) in [4.78, 5) is 26.5. The van der Waals surface area contributed by atoms with Gasteiger partial charge in [-0.15, -0.1) is 0 Å². The fraction of sp³-hybridized carbons (Fsp3) is 0.333. The Labute approximate surface area is 109 Å². The topological polar surface area (TPSA) is 96.6 Å². The molecule has 2 heterocycles. The van der Waals surface area contributed by atoms with E-state index in [1.54, 1.807) is 30.0 Å². The standard InChI is InChI=1S/C12H14N4O3/c1-8(12(18)19)2-3-14-11(17)9-6-15-16-5-4-13-7-10(9)16/h4-8H,2-3H2,1H3,(H,14,17)(H,18,19). The molecular weight excluding hydrogens is 248 g/mol. The maximum atomic E-state index is 11.9. The first-order valence-corrected chi connectivity index (χ1v) is 5.88. The summed E-state index contributed by atoms with van der Waals surface area (Å²) in [6, 6.07) is 0. The molecule has 0 aliphatic carbocycles. The van der Waals surface area contributed by atoms with Gasteiger partial charge in [-0.05, 0) is 6.42 Å². The molecule has 7 nitrogen and oxygen atoms in total. The van der Waals surface area contributed by atoms with E-state index in [1.807, 2.05) is 0 Å². The third-order valence-electron chi connectivity index (χ3n) is 2.85. The SMILES string of the molecule is CC(CCNC(=O)c1cnn2ccncc12)C(=O)O. The van der Waals surface area contributed by atoms with Crippen LogP contribution >= 0.6 is 0 Å². The molecular formula is C12H14N4O3. The predicted octanol–water partition coefficient (Wildman–Crippen LogP) is 0.570. The molecule has 100 valence electrons. The second kappa shape index (κ2) is 5.47. The number of carboxylic acids is 1. The number of hydrogen-bond acceptors (Lipinski definition) is 4. The maximum Gasteiger partial charge on any atom is 0.306 e. The van der Waals surface area contributed by atoms with E-state index in [0.717, 1.165) is 0 Å². The molecule has 2 rings (SSSR count). The zero-order chi connectivity index (χ0) is 13.8. The number of nitrogens with one attached hydrogen (secondary N) is 1. The normalized spacial score (nSPS) is 12.3. The van der Waals surface area contributed by atoms with Gasteiger partial charge in [-0.1, -0.05) is 6.92 Å². The summed E-state index contributed by atoms with van der Waals surface area (Å²) in [6.07, 6.45) is 6.64. The van der Waals surface area contributed by atoms with Crippen LogP contribution in [0, 0.1) is 5.92 Å². The molecule has 0 radical (unpaired) electrons. The van der Waals surface area contributed by atoms with Crippen LogP contribution in [0.3, 0.4) is 0 Å². The molecule has 19 heavy (non-hydrogen) atoms. The average molecular weight is 262 g/mol. The summed E-state index contributed by atoms with van der Waals surface area (Å²) in [5.74, 6) is -1.62. The van der Waals surface area contributed by atoms with E-state index in [4.69, 9.17) is 5.11 Å². The highest BCUT2D eigenvalue weighted by Crippen LogP contribution is 2.08. The minimum atomic E-state index is -0.866. The molecule has 1 amide bonds. The second-order valence-electron chi connectivity index (χ2n) is 4.25. The number of carbonyl (C=O) groups excluding carboxylic acids is 1. The van der Waals surface area contributed by atoms with Gasteiger partial charge in [0.15, 0.2) is 0 Å². The van der Waals surface area contributed by atoms with Crippen molar-refractivity contribution >= 4 is 17.4 Å². The number of rotatable bonds is 5. The Morgan fingerprint density at radius 1 is 1.47 bits per heavy atom. The average Bonchev–Trinajstić information content (AvgIpc) is 2.82. The minimum absolute atomic E-state index is 0.277. The fourth-order valence-electron chi connectivity index (χ4n) is 1.63. The van der Waals surface area contributed by atoms with Gasteiger partial charge >= 0.3 is 5.97 Å². The van der Waals surface area contributed by atoms with Crippen LogP contribution in [0.15, 0.2) is 24.8 Å². The fourth-order valence-corrected chi connectivity index (χ4v) is 1.63. The number of carboxylic acid groups (broad SMARTS) is 1. The van der Waals surface area contributed by atoms with E-state index < -0.39 is 11.9 Å². The Hall–Kier alpha value is -2.44. The van der Waals surface area contributed by atoms with Crippen molar-refractivity contribution in [2.75, 3.05) is 6.54 Å². The van der Waals surface area contributed by atoms with Crippen LogP contribution in [0.25, 0.3) is 5.52 Å². The zero-order valence-corrected chi connectivity index (χ0v) is 10.4. The molecule has 0 aromatic carbocycles. The van der Waals surface area contributed by atoms with Gasteiger partial charge < -0.3 is 10.4 Å². The zero-order valence-electron chi connectivity index (χ0n) is 10.4. The van der Waals surface area contributed by atoms with Crippen molar-refractivity contribution in [2.24, 2.45) is 5.92 Å². The van der Waals surface area contributed by atoms with Crippen LogP contribution in [0.4, 0.5) is 0 Å². The molecule has 2 aromatic rings. The summed E-state index contributed by atoms with van der Waals surface area (Å²) in [6.45, 7) is 1.91. The van der Waals surface area contributed by atoms with Crippen molar-refractivity contribution in [3.63, 3.8) is 0 Å². The Bertz CT molecular complexity index is 608. The molecule has 0 saturated carbocycles. The van der Waals surface area contributed by atoms with Crippen molar-refractivity contribution in [3.05, 3.63) is 30.4 Å². The molecule has 2 aromatic heterocycles. The van der Waals surface area contributed by atoms with Crippen LogP contribution in [-0.2, 0) is 4.79 Å². The molecule has 0 saturated heterocycles. The summed E-state index contributed by atoms with van der Waals surface area (Å²) >= 11 is 0. The summed E-state index contributed by atoms with van der Waals surface area (Å²) in [5.41, 5.74) is 1.04. The number of aromatic nitrogens is 3. The molecule has 0 bridgehead atoms. The molecule has 1 atom stereocenters. The number of amides is 1. The van der Waals surface area contributed by atoms with E-state index in [1.165, 1.54) is 6.20 Å². The summed E-state index contributed by atoms with van der Waals surface area (Å²) in [7, 11) is 0. The number of nitrogens with zero attached hydrogens (tertiary/aromatic N) is 3. The monoisotopic (exact) mass is 262 g/mol. The van der Waals surface area contributed by atoms with E-state index in [9.17, 15) is 9.59 Å². The van der Waals surface area contributed by atoms with Crippen LogP contribution in [-0.4, -0.2) is 38.1 Å². The van der Waals surface area contributed by atoms with Crippen molar-refractivity contribution < 1.29 is 14.7 Å². The third-order valence-corrected chi connectivity index (χ3v) is 2.85. The van der Waals surface area contributed by atoms with Crippen LogP contribution in [0.5, 0.6) is 0 Å². The van der Waals surface area contributed by atoms with Crippen molar-refractivity contribution in [2.45, 2.75) is 13.3 Å². The van der Waals surface area contributed by atoms with Gasteiger partial charge in [-0.2, -0.15) is 5.10 Å². The Balaban J connectivity index is 1.99. The van der Waals surface area contributed by atoms with Gasteiger partial charge in [-0.3, -0.25) is 14.6 Å². The first kappa shape index (κ1) is 13.0. The lowest BCUT2D eigenvalue weighted by Gasteiger charge is -2.07. The number of carbonyl (C=O) groups is 2. The van der Waals surface area contributed by atoms with E-state index in [0.29, 0.717) is 24.0 Å². The number of hydrogen-bond donors (Lipinski definition) is 2. The van der Waals surface area contributed by atoms with Crippen molar-refractivity contribution in [1.29, 1.82) is 0 Å². The second-order valence-corrected chi connectivity index (χ2v) is 4.25. The molecule has 2 N–H and O–H groups in total. The largest absolute Gasteiger partial charge is 0.481 e. The van der Waals surface area contributed by atoms with Gasteiger partial charge in [0, 0.05) is 18.9 Å². The van der Waals surface area contributed by atoms with E-state index >= 15 is 0 Å². The smallest absolute Gasteiger partial charge is 0.306 e. The molecule has 0 aliphatic heterocycles. The lowest BCUT2D eigenvalue weighted by atomic mass is 10.1. The summed E-state index contributed by atoms with van der Waals surface area (Å²) in [5, 5.41) is 15.5. The Morgan fingerprint density at radius 2 is 2.26 bits per heavy atom. The molecule has 0 aliphatic rings. The molecule has 1 unspecified atom stereocenters. The minimum Gasteiger partial charge on any atom is -0.481 e. The lowest BCUT2D eigenvalue weighted by Crippen LogP contribution is -2.26. The Morgan fingerprint density at radius 3 is 3.00 bits per heavy atom. The maximum absolute atomic E-state index is 11.9. The van der Waals surface area contributed by atoms with Gasteiger partial charge in [0.1, 0.15) is 0 Å². The van der Waals surface area contributed by atoms with Crippen LogP contribution in [0.1, 0.15) is 23.7 Å². The van der Waals surface area contributed by atoms with Crippen LogP contribution < -0.4 is 5.32 Å². The lowest BCUT2D eigenvalue weighted by molar-refractivity contribution is -0.141. The highest BCUT2D eigenvalue weighted by Gasteiger charge is 2.14. The molecule has 7 heteroatoms.